The first-order chi connectivity index (χ1) is 15.8. The molecule has 1 heterocycles. The van der Waals surface area contributed by atoms with Crippen molar-refractivity contribution in [2.24, 2.45) is 5.73 Å². The van der Waals surface area contributed by atoms with E-state index >= 15 is 0 Å². The average molecular weight is 463 g/mol. The summed E-state index contributed by atoms with van der Waals surface area (Å²) in [7, 11) is -3.79. The molecule has 7 heteroatoms. The van der Waals surface area contributed by atoms with Crippen molar-refractivity contribution in [2.45, 2.75) is 36.6 Å². The highest BCUT2D eigenvalue weighted by atomic mass is 32.2. The van der Waals surface area contributed by atoms with Gasteiger partial charge in [0, 0.05) is 24.4 Å². The fraction of sp³-hybridized carbons (Fsp3) is 0.269. The third kappa shape index (κ3) is 5.43. The van der Waals surface area contributed by atoms with E-state index in [-0.39, 0.29) is 10.7 Å². The zero-order valence-electron chi connectivity index (χ0n) is 18.6. The molecule has 6 nitrogen and oxygen atoms in total. The van der Waals surface area contributed by atoms with Gasteiger partial charge in [0.25, 0.3) is 0 Å². The van der Waals surface area contributed by atoms with E-state index in [4.69, 9.17) is 11.1 Å². The molecule has 1 saturated heterocycles. The van der Waals surface area contributed by atoms with Crippen LogP contribution in [-0.4, -0.2) is 38.3 Å². The minimum atomic E-state index is -3.79. The van der Waals surface area contributed by atoms with Crippen LogP contribution < -0.4 is 10.5 Å². The fourth-order valence-corrected chi connectivity index (χ4v) is 5.58. The fourth-order valence-electron chi connectivity index (χ4n) is 4.32. The SMILES string of the molecule is C=C([C@H](Cc1cccc(C(=N)N)c1)NS(=O)(=O)c1ccc2ccccc2c1)N1CCCCC1. The molecule has 1 atom stereocenters. The summed E-state index contributed by atoms with van der Waals surface area (Å²) in [5, 5.41) is 9.59. The minimum absolute atomic E-state index is 0.0139. The van der Waals surface area contributed by atoms with Crippen LogP contribution in [0.2, 0.25) is 0 Å². The molecule has 3 aromatic carbocycles. The standard InChI is InChI=1S/C26H30N4O2S/c1-19(30-14-5-2-6-15-30)25(17-20-8-7-11-23(16-20)26(27)28)29-33(31,32)24-13-12-21-9-3-4-10-22(21)18-24/h3-4,7-13,16,18,25,29H,1-2,5-6,14-15,17H2,(H3,27,28)/t25-/m0/s1. The van der Waals surface area contributed by atoms with Crippen LogP contribution in [-0.2, 0) is 16.4 Å². The molecule has 0 radical (unpaired) electrons. The maximum atomic E-state index is 13.4. The first-order valence-corrected chi connectivity index (χ1v) is 12.7. The number of hydrogen-bond acceptors (Lipinski definition) is 4. The molecule has 1 fully saturated rings. The van der Waals surface area contributed by atoms with Gasteiger partial charge in [-0.05, 0) is 60.2 Å². The van der Waals surface area contributed by atoms with Crippen molar-refractivity contribution in [1.82, 2.24) is 9.62 Å². The number of amidine groups is 1. The van der Waals surface area contributed by atoms with E-state index in [0.29, 0.717) is 12.0 Å². The highest BCUT2D eigenvalue weighted by molar-refractivity contribution is 7.89. The van der Waals surface area contributed by atoms with E-state index in [2.05, 4.69) is 16.2 Å². The molecular formula is C26H30N4O2S. The lowest BCUT2D eigenvalue weighted by Crippen LogP contribution is -2.44. The quantitative estimate of drug-likeness (QED) is 0.348. The number of fused-ring (bicyclic) bond motifs is 1. The number of nitrogen functional groups attached to an aromatic ring is 1. The minimum Gasteiger partial charge on any atom is -0.384 e. The lowest BCUT2D eigenvalue weighted by molar-refractivity contribution is 0.267. The molecule has 1 aliphatic heterocycles. The second-order valence-electron chi connectivity index (χ2n) is 8.54. The molecule has 1 aliphatic rings. The third-order valence-corrected chi connectivity index (χ3v) is 7.64. The molecule has 4 rings (SSSR count). The van der Waals surface area contributed by atoms with E-state index in [1.165, 1.54) is 6.42 Å². The molecule has 3 aromatic rings. The van der Waals surface area contributed by atoms with Gasteiger partial charge in [0.15, 0.2) is 0 Å². The summed E-state index contributed by atoms with van der Waals surface area (Å²) in [6.45, 7) is 6.04. The summed E-state index contributed by atoms with van der Waals surface area (Å²) in [5.74, 6) is -0.0139. The van der Waals surface area contributed by atoms with Crippen LogP contribution in [0.25, 0.3) is 10.8 Å². The lowest BCUT2D eigenvalue weighted by Gasteiger charge is -2.35. The van der Waals surface area contributed by atoms with Crippen LogP contribution in [0.5, 0.6) is 0 Å². The zero-order valence-corrected chi connectivity index (χ0v) is 19.4. The number of nitrogens with zero attached hydrogens (tertiary/aromatic N) is 1. The highest BCUT2D eigenvalue weighted by Crippen LogP contribution is 2.23. The summed E-state index contributed by atoms with van der Waals surface area (Å²) < 4.78 is 29.7. The average Bonchev–Trinajstić information content (AvgIpc) is 2.83. The number of nitrogens with two attached hydrogens (primary N) is 1. The van der Waals surface area contributed by atoms with Crippen molar-refractivity contribution >= 4 is 26.6 Å². The summed E-state index contributed by atoms with van der Waals surface area (Å²) >= 11 is 0. The number of piperidine rings is 1. The predicted octanol–water partition coefficient (Wildman–Crippen LogP) is 4.01. The van der Waals surface area contributed by atoms with Crippen LogP contribution in [0.3, 0.4) is 0 Å². The summed E-state index contributed by atoms with van der Waals surface area (Å²) in [5.41, 5.74) is 7.94. The normalized spacial score (nSPS) is 15.3. The van der Waals surface area contributed by atoms with Gasteiger partial charge in [0.05, 0.1) is 10.9 Å². The summed E-state index contributed by atoms with van der Waals surface area (Å²) in [6.07, 6.45) is 3.74. The molecule has 4 N–H and O–H groups in total. The van der Waals surface area contributed by atoms with Gasteiger partial charge >= 0.3 is 0 Å². The van der Waals surface area contributed by atoms with E-state index in [9.17, 15) is 8.42 Å². The van der Waals surface area contributed by atoms with Crippen LogP contribution in [0.15, 0.2) is 83.9 Å². The van der Waals surface area contributed by atoms with E-state index in [0.717, 1.165) is 48.0 Å². The second-order valence-corrected chi connectivity index (χ2v) is 10.3. The Morgan fingerprint density at radius 3 is 2.45 bits per heavy atom. The molecule has 33 heavy (non-hydrogen) atoms. The molecule has 0 saturated carbocycles. The number of nitrogens with one attached hydrogen (secondary N) is 2. The van der Waals surface area contributed by atoms with Gasteiger partial charge in [0.1, 0.15) is 5.84 Å². The molecular weight excluding hydrogens is 432 g/mol. The molecule has 0 aromatic heterocycles. The number of rotatable bonds is 8. The smallest absolute Gasteiger partial charge is 0.241 e. The first kappa shape index (κ1) is 23.0. The monoisotopic (exact) mass is 462 g/mol. The lowest BCUT2D eigenvalue weighted by atomic mass is 10.00. The summed E-state index contributed by atoms with van der Waals surface area (Å²) in [6, 6.07) is 19.7. The Kier molecular flexibility index (Phi) is 6.81. The van der Waals surface area contributed by atoms with Crippen molar-refractivity contribution in [3.8, 4) is 0 Å². The van der Waals surface area contributed by atoms with Gasteiger partial charge < -0.3 is 10.6 Å². The predicted molar refractivity (Wildman–Crippen MR) is 134 cm³/mol. The largest absolute Gasteiger partial charge is 0.384 e. The van der Waals surface area contributed by atoms with Crippen molar-refractivity contribution < 1.29 is 8.42 Å². The molecule has 0 amide bonds. The van der Waals surface area contributed by atoms with Crippen LogP contribution in [0.1, 0.15) is 30.4 Å². The zero-order chi connectivity index (χ0) is 23.4. The van der Waals surface area contributed by atoms with Gasteiger partial charge in [-0.15, -0.1) is 0 Å². The van der Waals surface area contributed by atoms with Crippen molar-refractivity contribution in [3.05, 3.63) is 90.1 Å². The second kappa shape index (κ2) is 9.77. The Bertz CT molecular complexity index is 1280. The summed E-state index contributed by atoms with van der Waals surface area (Å²) in [4.78, 5) is 2.42. The Balaban J connectivity index is 1.64. The van der Waals surface area contributed by atoms with Crippen molar-refractivity contribution in [3.63, 3.8) is 0 Å². The van der Waals surface area contributed by atoms with Crippen LogP contribution >= 0.6 is 0 Å². The van der Waals surface area contributed by atoms with Crippen LogP contribution in [0.4, 0.5) is 0 Å². The molecule has 0 spiro atoms. The maximum absolute atomic E-state index is 13.4. The maximum Gasteiger partial charge on any atom is 0.241 e. The highest BCUT2D eigenvalue weighted by Gasteiger charge is 2.26. The van der Waals surface area contributed by atoms with Gasteiger partial charge in [-0.25, -0.2) is 13.1 Å². The van der Waals surface area contributed by atoms with Crippen LogP contribution in [0, 0.1) is 5.41 Å². The van der Waals surface area contributed by atoms with Gasteiger partial charge in [-0.1, -0.05) is 55.1 Å². The Morgan fingerprint density at radius 1 is 1.00 bits per heavy atom. The first-order valence-electron chi connectivity index (χ1n) is 11.2. The number of hydrogen-bond donors (Lipinski definition) is 3. The topological polar surface area (TPSA) is 99.3 Å². The third-order valence-electron chi connectivity index (χ3n) is 6.17. The number of benzene rings is 3. The van der Waals surface area contributed by atoms with Gasteiger partial charge in [-0.3, -0.25) is 5.41 Å². The molecule has 0 aliphatic carbocycles. The van der Waals surface area contributed by atoms with Crippen molar-refractivity contribution in [2.75, 3.05) is 13.1 Å². The van der Waals surface area contributed by atoms with Gasteiger partial charge in [0.2, 0.25) is 10.0 Å². The Hall–Kier alpha value is -3.16. The number of sulfonamides is 1. The molecule has 0 bridgehead atoms. The molecule has 172 valence electrons. The van der Waals surface area contributed by atoms with E-state index in [1.807, 2.05) is 48.5 Å². The van der Waals surface area contributed by atoms with Crippen molar-refractivity contribution in [1.29, 1.82) is 5.41 Å². The van der Waals surface area contributed by atoms with Gasteiger partial charge in [-0.2, -0.15) is 0 Å². The Labute approximate surface area is 195 Å². The van der Waals surface area contributed by atoms with E-state index < -0.39 is 16.1 Å². The van der Waals surface area contributed by atoms with E-state index in [1.54, 1.807) is 18.2 Å². The molecule has 0 unspecified atom stereocenters. The Morgan fingerprint density at radius 2 is 1.73 bits per heavy atom. The number of likely N-dealkylation sites (tertiary alicyclic amines) is 1.